The number of pyridine rings is 1. The monoisotopic (exact) mass is 383 g/mol. The molecule has 1 aromatic rings. The number of alkyl halides is 3. The van der Waals surface area contributed by atoms with Gasteiger partial charge in [0.2, 0.25) is 5.88 Å². The molecule has 1 heterocycles. The van der Waals surface area contributed by atoms with Crippen LogP contribution in [0.4, 0.5) is 23.7 Å². The average molecular weight is 384 g/mol. The predicted molar refractivity (Wildman–Crippen MR) is 75.2 cm³/mol. The van der Waals surface area contributed by atoms with Crippen molar-refractivity contribution < 1.29 is 27.5 Å². The maximum Gasteiger partial charge on any atom is 0.419 e. The first-order chi connectivity index (χ1) is 10.0. The standard InChI is InChI=1S/C12H13BrF3N3O3/c1-5(2)8(20)4-18-11(21)22-10-7(17)3-6(9(13)19-10)12(14,15)16/h3,5H,4,17H2,1-2H3,(H,18,21). The zero-order chi connectivity index (χ0) is 17.1. The van der Waals surface area contributed by atoms with Crippen molar-refractivity contribution in [3.8, 4) is 5.88 Å². The van der Waals surface area contributed by atoms with E-state index in [9.17, 15) is 22.8 Å². The molecule has 22 heavy (non-hydrogen) atoms. The lowest BCUT2D eigenvalue weighted by Crippen LogP contribution is -2.34. The van der Waals surface area contributed by atoms with E-state index in [0.29, 0.717) is 6.07 Å². The number of amides is 1. The van der Waals surface area contributed by atoms with E-state index in [1.165, 1.54) is 0 Å². The number of carbonyl (C=O) groups excluding carboxylic acids is 2. The van der Waals surface area contributed by atoms with Gasteiger partial charge in [0, 0.05) is 5.92 Å². The topological polar surface area (TPSA) is 94.3 Å². The van der Waals surface area contributed by atoms with E-state index in [1.807, 2.05) is 0 Å². The summed E-state index contributed by atoms with van der Waals surface area (Å²) < 4.78 is 42.0. The van der Waals surface area contributed by atoms with Crippen LogP contribution in [-0.2, 0) is 11.0 Å². The second-order valence-electron chi connectivity index (χ2n) is 4.58. The second-order valence-corrected chi connectivity index (χ2v) is 5.33. The number of nitrogens with zero attached hydrogens (tertiary/aromatic N) is 1. The van der Waals surface area contributed by atoms with Gasteiger partial charge < -0.3 is 15.8 Å². The highest BCUT2D eigenvalue weighted by Gasteiger charge is 2.35. The highest BCUT2D eigenvalue weighted by atomic mass is 79.9. The molecule has 0 bridgehead atoms. The zero-order valence-electron chi connectivity index (χ0n) is 11.6. The smallest absolute Gasteiger partial charge is 0.394 e. The third kappa shape index (κ3) is 4.86. The molecule has 0 saturated carbocycles. The minimum atomic E-state index is -4.65. The van der Waals surface area contributed by atoms with Crippen LogP contribution >= 0.6 is 15.9 Å². The van der Waals surface area contributed by atoms with E-state index >= 15 is 0 Å². The number of nitrogens with two attached hydrogens (primary N) is 1. The van der Waals surface area contributed by atoms with E-state index in [0.717, 1.165) is 0 Å². The third-order valence-electron chi connectivity index (χ3n) is 2.51. The second kappa shape index (κ2) is 6.95. The fourth-order valence-corrected chi connectivity index (χ4v) is 1.76. The molecule has 0 aliphatic rings. The van der Waals surface area contributed by atoms with Crippen LogP contribution in [0.1, 0.15) is 19.4 Å². The molecule has 0 saturated heterocycles. The van der Waals surface area contributed by atoms with Crippen molar-refractivity contribution in [3.63, 3.8) is 0 Å². The van der Waals surface area contributed by atoms with Crippen LogP contribution in [0.15, 0.2) is 10.7 Å². The van der Waals surface area contributed by atoms with Gasteiger partial charge >= 0.3 is 12.3 Å². The van der Waals surface area contributed by atoms with Crippen molar-refractivity contribution in [1.29, 1.82) is 0 Å². The number of carbonyl (C=O) groups is 2. The Bertz CT molecular complexity index is 591. The Balaban J connectivity index is 2.80. The number of hydrogen-bond donors (Lipinski definition) is 2. The fraction of sp³-hybridized carbons (Fsp3) is 0.417. The summed E-state index contributed by atoms with van der Waals surface area (Å²) in [5, 5.41) is 2.16. The third-order valence-corrected chi connectivity index (χ3v) is 3.12. The lowest BCUT2D eigenvalue weighted by Gasteiger charge is -2.12. The normalized spacial score (nSPS) is 11.4. The quantitative estimate of drug-likeness (QED) is 0.779. The van der Waals surface area contributed by atoms with E-state index in [-0.39, 0.29) is 18.2 Å². The van der Waals surface area contributed by atoms with Crippen LogP contribution < -0.4 is 15.8 Å². The summed E-state index contributed by atoms with van der Waals surface area (Å²) in [6.07, 6.45) is -5.69. The number of aromatic nitrogens is 1. The van der Waals surface area contributed by atoms with E-state index in [2.05, 4.69) is 31.0 Å². The van der Waals surface area contributed by atoms with Gasteiger partial charge in [-0.1, -0.05) is 13.8 Å². The van der Waals surface area contributed by atoms with E-state index < -0.39 is 34.0 Å². The fourth-order valence-electron chi connectivity index (χ4n) is 1.26. The van der Waals surface area contributed by atoms with Gasteiger partial charge in [-0.3, -0.25) is 4.79 Å². The summed E-state index contributed by atoms with van der Waals surface area (Å²) in [4.78, 5) is 26.2. The lowest BCUT2D eigenvalue weighted by atomic mass is 10.1. The molecule has 0 radical (unpaired) electrons. The highest BCUT2D eigenvalue weighted by molar-refractivity contribution is 9.10. The average Bonchev–Trinajstić information content (AvgIpc) is 2.38. The summed E-state index contributed by atoms with van der Waals surface area (Å²) in [7, 11) is 0. The van der Waals surface area contributed by atoms with Crippen molar-refractivity contribution in [2.75, 3.05) is 12.3 Å². The first-order valence-electron chi connectivity index (χ1n) is 6.04. The largest absolute Gasteiger partial charge is 0.419 e. The summed E-state index contributed by atoms with van der Waals surface area (Å²) in [5.41, 5.74) is 3.84. The van der Waals surface area contributed by atoms with Gasteiger partial charge in [0.25, 0.3) is 0 Å². The van der Waals surface area contributed by atoms with Crippen molar-refractivity contribution >= 4 is 33.5 Å². The highest BCUT2D eigenvalue weighted by Crippen LogP contribution is 2.37. The van der Waals surface area contributed by atoms with Crippen LogP contribution in [0.2, 0.25) is 0 Å². The molecule has 0 fully saturated rings. The Hall–Kier alpha value is -1.84. The first-order valence-corrected chi connectivity index (χ1v) is 6.83. The number of Topliss-reactive ketones (excluding diaryl/α,β-unsaturated/α-hetero) is 1. The van der Waals surface area contributed by atoms with Crippen LogP contribution in [-0.4, -0.2) is 23.4 Å². The summed E-state index contributed by atoms with van der Waals surface area (Å²) in [6.45, 7) is 3.04. The molecule has 6 nitrogen and oxygen atoms in total. The number of nitrogens with one attached hydrogen (secondary N) is 1. The lowest BCUT2D eigenvalue weighted by molar-refractivity contribution is -0.138. The van der Waals surface area contributed by atoms with Crippen molar-refractivity contribution in [2.45, 2.75) is 20.0 Å². The molecule has 1 rings (SSSR count). The Kier molecular flexibility index (Phi) is 5.75. The Morgan fingerprint density at radius 1 is 1.45 bits per heavy atom. The predicted octanol–water partition coefficient (Wildman–Crippen LogP) is 2.76. The van der Waals surface area contributed by atoms with Gasteiger partial charge in [-0.15, -0.1) is 0 Å². The van der Waals surface area contributed by atoms with Crippen LogP contribution in [0.25, 0.3) is 0 Å². The number of ether oxygens (including phenoxy) is 1. The van der Waals surface area contributed by atoms with E-state index in [4.69, 9.17) is 5.73 Å². The van der Waals surface area contributed by atoms with Gasteiger partial charge in [-0.25, -0.2) is 9.78 Å². The maximum absolute atomic E-state index is 12.6. The summed E-state index contributed by atoms with van der Waals surface area (Å²) >= 11 is 2.64. The van der Waals surface area contributed by atoms with Crippen LogP contribution in [0, 0.1) is 5.92 Å². The molecule has 10 heteroatoms. The molecule has 3 N–H and O–H groups in total. The number of rotatable bonds is 4. The molecular weight excluding hydrogens is 371 g/mol. The molecular formula is C12H13BrF3N3O3. The van der Waals surface area contributed by atoms with Gasteiger partial charge in [0.15, 0.2) is 5.78 Å². The minimum absolute atomic E-state index is 0.230. The number of ketones is 1. The number of halogens is 4. The molecule has 0 atom stereocenters. The molecule has 0 aliphatic carbocycles. The molecule has 0 aromatic carbocycles. The minimum Gasteiger partial charge on any atom is -0.394 e. The Morgan fingerprint density at radius 2 is 2.05 bits per heavy atom. The van der Waals surface area contributed by atoms with Gasteiger partial charge in [0.1, 0.15) is 4.60 Å². The molecule has 0 spiro atoms. The molecule has 1 amide bonds. The van der Waals surface area contributed by atoms with Crippen molar-refractivity contribution in [2.24, 2.45) is 5.92 Å². The molecule has 0 unspecified atom stereocenters. The summed E-state index contributed by atoms with van der Waals surface area (Å²) in [6, 6.07) is 0.596. The Labute approximate surface area is 132 Å². The van der Waals surface area contributed by atoms with E-state index in [1.54, 1.807) is 13.8 Å². The molecule has 0 aliphatic heterocycles. The number of hydrogen-bond acceptors (Lipinski definition) is 5. The van der Waals surface area contributed by atoms with Gasteiger partial charge in [-0.05, 0) is 22.0 Å². The van der Waals surface area contributed by atoms with Crippen molar-refractivity contribution in [1.82, 2.24) is 10.3 Å². The number of nitrogen functional groups attached to an aromatic ring is 1. The maximum atomic E-state index is 12.6. The SMILES string of the molecule is CC(C)C(=O)CNC(=O)Oc1nc(Br)c(C(F)(F)F)cc1N. The number of anilines is 1. The van der Waals surface area contributed by atoms with Crippen molar-refractivity contribution in [3.05, 3.63) is 16.2 Å². The summed E-state index contributed by atoms with van der Waals surface area (Å²) in [5.74, 6) is -0.996. The van der Waals surface area contributed by atoms with Gasteiger partial charge in [-0.2, -0.15) is 13.2 Å². The first kappa shape index (κ1) is 18.2. The van der Waals surface area contributed by atoms with Crippen LogP contribution in [0.3, 0.4) is 0 Å². The van der Waals surface area contributed by atoms with Crippen LogP contribution in [0.5, 0.6) is 5.88 Å². The Morgan fingerprint density at radius 3 is 2.55 bits per heavy atom. The van der Waals surface area contributed by atoms with Gasteiger partial charge in [0.05, 0.1) is 17.8 Å². The zero-order valence-corrected chi connectivity index (χ0v) is 13.2. The molecule has 1 aromatic heterocycles. The molecule has 122 valence electrons.